The van der Waals surface area contributed by atoms with Gasteiger partial charge < -0.3 is 20.3 Å². The molecule has 1 aromatic rings. The minimum Gasteiger partial charge on any atom is -0.494 e. The van der Waals surface area contributed by atoms with Gasteiger partial charge >= 0.3 is 5.97 Å². The van der Waals surface area contributed by atoms with E-state index in [1.807, 2.05) is 6.92 Å². The quantitative estimate of drug-likeness (QED) is 0.473. The second-order valence-electron chi connectivity index (χ2n) is 5.12. The number of hydrogen-bond donors (Lipinski definition) is 3. The number of ether oxygens (including phenoxy) is 1. The Morgan fingerprint density at radius 1 is 1.32 bits per heavy atom. The fraction of sp³-hybridized carbons (Fsp3) is 0.600. The number of rotatable bonds is 9. The Balaban J connectivity index is 2.19. The van der Waals surface area contributed by atoms with E-state index >= 15 is 0 Å². The maximum absolute atomic E-state index is 11.4. The lowest BCUT2D eigenvalue weighted by atomic mass is 10.2. The number of carbonyl (C=O) groups excluding carboxylic acids is 2. The molecule has 22 heavy (non-hydrogen) atoms. The van der Waals surface area contributed by atoms with Crippen molar-refractivity contribution in [1.82, 2.24) is 9.88 Å². The predicted octanol–water partition coefficient (Wildman–Crippen LogP) is 1.45. The van der Waals surface area contributed by atoms with Crippen LogP contribution in [0.15, 0.2) is 6.07 Å². The van der Waals surface area contributed by atoms with Crippen LogP contribution in [-0.2, 0) is 20.9 Å². The summed E-state index contributed by atoms with van der Waals surface area (Å²) in [6, 6.07) is 1.47. The summed E-state index contributed by atoms with van der Waals surface area (Å²) in [6.45, 7) is 4.03. The monoisotopic (exact) mass is 312 g/mol. The number of aromatic hydroxyl groups is 2. The molecule has 0 saturated carbocycles. The second kappa shape index (κ2) is 8.96. The van der Waals surface area contributed by atoms with Crippen LogP contribution >= 0.6 is 0 Å². The molecule has 0 bridgehead atoms. The Morgan fingerprint density at radius 2 is 2.05 bits per heavy atom. The van der Waals surface area contributed by atoms with Crippen molar-refractivity contribution in [2.45, 2.75) is 46.1 Å². The smallest absolute Gasteiger partial charge is 0.325 e. The van der Waals surface area contributed by atoms with Crippen LogP contribution in [0, 0.1) is 6.92 Å². The molecular weight excluding hydrogens is 288 g/mol. The Hall–Kier alpha value is -2.18. The molecule has 124 valence electrons. The average molecular weight is 312 g/mol. The maximum atomic E-state index is 11.4. The highest BCUT2D eigenvalue weighted by Gasteiger charge is 2.10. The molecule has 7 nitrogen and oxygen atoms in total. The number of nitrogens with one attached hydrogen (secondary N) is 1. The Morgan fingerprint density at radius 3 is 2.64 bits per heavy atom. The summed E-state index contributed by atoms with van der Waals surface area (Å²) in [5.41, 5.74) is 0.587. The first kappa shape index (κ1) is 17.9. The first-order valence-corrected chi connectivity index (χ1v) is 7.46. The lowest BCUT2D eigenvalue weighted by molar-refractivity contribution is -0.144. The lowest BCUT2D eigenvalue weighted by Gasteiger charge is -2.08. The van der Waals surface area contributed by atoms with Gasteiger partial charge in [0.25, 0.3) is 0 Å². The van der Waals surface area contributed by atoms with E-state index in [1.165, 1.54) is 10.6 Å². The van der Waals surface area contributed by atoms with E-state index in [-0.39, 0.29) is 30.8 Å². The van der Waals surface area contributed by atoms with Crippen molar-refractivity contribution in [3.05, 3.63) is 11.6 Å². The molecule has 0 radical (unpaired) electrons. The van der Waals surface area contributed by atoms with Crippen LogP contribution in [0.3, 0.4) is 0 Å². The molecule has 3 N–H and O–H groups in total. The van der Waals surface area contributed by atoms with Crippen molar-refractivity contribution < 1.29 is 24.5 Å². The highest BCUT2D eigenvalue weighted by molar-refractivity contribution is 5.81. The van der Waals surface area contributed by atoms with E-state index in [4.69, 9.17) is 4.74 Å². The molecule has 0 aliphatic rings. The number of unbranched alkanes of at least 4 members (excludes halogenated alkanes) is 1. The highest BCUT2D eigenvalue weighted by atomic mass is 16.5. The molecule has 0 fully saturated rings. The van der Waals surface area contributed by atoms with E-state index < -0.39 is 5.97 Å². The Labute approximate surface area is 129 Å². The van der Waals surface area contributed by atoms with Crippen LogP contribution in [0.5, 0.6) is 11.8 Å². The van der Waals surface area contributed by atoms with E-state index in [0.29, 0.717) is 24.9 Å². The Kier molecular flexibility index (Phi) is 7.28. The molecule has 0 spiro atoms. The number of carbonyl (C=O) groups is 2. The van der Waals surface area contributed by atoms with Crippen LogP contribution in [0.2, 0.25) is 0 Å². The minimum absolute atomic E-state index is 0.00649. The van der Waals surface area contributed by atoms with Gasteiger partial charge in [-0.25, -0.2) is 0 Å². The third-order valence-corrected chi connectivity index (χ3v) is 3.21. The molecule has 1 rings (SSSR count). The van der Waals surface area contributed by atoms with E-state index in [2.05, 4.69) is 5.32 Å². The third-order valence-electron chi connectivity index (χ3n) is 3.21. The molecule has 7 heteroatoms. The van der Waals surface area contributed by atoms with Crippen molar-refractivity contribution >= 4 is 11.9 Å². The topological polar surface area (TPSA) is 101 Å². The number of amides is 1. The second-order valence-corrected chi connectivity index (χ2v) is 5.12. The SMILES string of the molecule is CCCCC(=O)NCC(=O)OCCCn1c(O)cc(C)c1O. The zero-order chi connectivity index (χ0) is 16.5. The molecule has 1 aromatic heterocycles. The summed E-state index contributed by atoms with van der Waals surface area (Å²) in [4.78, 5) is 22.7. The standard InChI is InChI=1S/C15H24N2O5/c1-3-4-6-12(18)16-10-14(20)22-8-5-7-17-13(19)9-11(2)15(17)21/h9,19,21H,3-8,10H2,1-2H3,(H,16,18). The first-order chi connectivity index (χ1) is 10.5. The van der Waals surface area contributed by atoms with Gasteiger partial charge in [-0.3, -0.25) is 14.2 Å². The fourth-order valence-electron chi connectivity index (χ4n) is 1.93. The Bertz CT molecular complexity index is 510. The molecule has 0 atom stereocenters. The summed E-state index contributed by atoms with van der Waals surface area (Å²) in [6.07, 6.45) is 2.58. The van der Waals surface area contributed by atoms with Crippen LogP contribution in [0.1, 0.15) is 38.2 Å². The van der Waals surface area contributed by atoms with Crippen LogP contribution in [0.4, 0.5) is 0 Å². The number of esters is 1. The number of hydrogen-bond acceptors (Lipinski definition) is 5. The molecule has 1 heterocycles. The molecule has 0 aliphatic heterocycles. The maximum Gasteiger partial charge on any atom is 0.325 e. The van der Waals surface area contributed by atoms with Gasteiger partial charge in [-0.2, -0.15) is 0 Å². The zero-order valence-corrected chi connectivity index (χ0v) is 13.1. The van der Waals surface area contributed by atoms with Gasteiger partial charge in [0, 0.05) is 24.6 Å². The fourth-order valence-corrected chi connectivity index (χ4v) is 1.93. The van der Waals surface area contributed by atoms with E-state index in [0.717, 1.165) is 12.8 Å². The summed E-state index contributed by atoms with van der Waals surface area (Å²) in [5.74, 6) is -0.671. The molecule has 0 aliphatic carbocycles. The molecular formula is C15H24N2O5. The van der Waals surface area contributed by atoms with Gasteiger partial charge in [0.2, 0.25) is 5.91 Å². The first-order valence-electron chi connectivity index (χ1n) is 7.46. The van der Waals surface area contributed by atoms with Gasteiger partial charge in [-0.05, 0) is 19.8 Å². The minimum atomic E-state index is -0.498. The molecule has 1 amide bonds. The van der Waals surface area contributed by atoms with Gasteiger partial charge in [0.05, 0.1) is 6.61 Å². The van der Waals surface area contributed by atoms with Crippen LogP contribution in [-0.4, -0.2) is 39.8 Å². The van der Waals surface area contributed by atoms with Gasteiger partial charge in [0.15, 0.2) is 11.8 Å². The van der Waals surface area contributed by atoms with Crippen molar-refractivity contribution in [2.75, 3.05) is 13.2 Å². The predicted molar refractivity (Wildman–Crippen MR) is 80.6 cm³/mol. The normalized spacial score (nSPS) is 10.5. The van der Waals surface area contributed by atoms with Crippen molar-refractivity contribution in [2.24, 2.45) is 0 Å². The average Bonchev–Trinajstić information content (AvgIpc) is 2.73. The molecule has 0 aromatic carbocycles. The van der Waals surface area contributed by atoms with E-state index in [9.17, 15) is 19.8 Å². The summed E-state index contributed by atoms with van der Waals surface area (Å²) >= 11 is 0. The summed E-state index contributed by atoms with van der Waals surface area (Å²) in [7, 11) is 0. The number of aryl methyl sites for hydroxylation is 1. The zero-order valence-electron chi connectivity index (χ0n) is 13.1. The van der Waals surface area contributed by atoms with Crippen molar-refractivity contribution in [3.63, 3.8) is 0 Å². The highest BCUT2D eigenvalue weighted by Crippen LogP contribution is 2.26. The molecule has 0 saturated heterocycles. The number of nitrogens with zero attached hydrogens (tertiary/aromatic N) is 1. The third kappa shape index (κ3) is 5.67. The largest absolute Gasteiger partial charge is 0.494 e. The van der Waals surface area contributed by atoms with Crippen molar-refractivity contribution in [1.29, 1.82) is 0 Å². The van der Waals surface area contributed by atoms with Gasteiger partial charge in [0.1, 0.15) is 6.54 Å². The summed E-state index contributed by atoms with van der Waals surface area (Å²) < 4.78 is 6.32. The van der Waals surface area contributed by atoms with Crippen molar-refractivity contribution in [3.8, 4) is 11.8 Å². The molecule has 0 unspecified atom stereocenters. The van der Waals surface area contributed by atoms with E-state index in [1.54, 1.807) is 6.92 Å². The van der Waals surface area contributed by atoms with Gasteiger partial charge in [-0.1, -0.05) is 13.3 Å². The lowest BCUT2D eigenvalue weighted by Crippen LogP contribution is -2.30. The van der Waals surface area contributed by atoms with Gasteiger partial charge in [-0.15, -0.1) is 0 Å². The summed E-state index contributed by atoms with van der Waals surface area (Å²) in [5, 5.41) is 21.8. The number of aromatic nitrogens is 1. The van der Waals surface area contributed by atoms with Crippen LogP contribution in [0.25, 0.3) is 0 Å². The van der Waals surface area contributed by atoms with Crippen LogP contribution < -0.4 is 5.32 Å².